The quantitative estimate of drug-likeness (QED) is 0.756. The molecule has 0 saturated carbocycles. The second-order valence-corrected chi connectivity index (χ2v) is 5.67. The van der Waals surface area contributed by atoms with Crippen molar-refractivity contribution < 1.29 is 9.53 Å². The number of para-hydroxylation sites is 1. The summed E-state index contributed by atoms with van der Waals surface area (Å²) >= 11 is 0. The number of benzene rings is 1. The summed E-state index contributed by atoms with van der Waals surface area (Å²) in [6, 6.07) is 7.68. The Morgan fingerprint density at radius 2 is 2.17 bits per heavy atom. The summed E-state index contributed by atoms with van der Waals surface area (Å²) in [6.07, 6.45) is 5.87. The number of hydrogen-bond donors (Lipinski definition) is 1. The number of aromatic nitrogens is 3. The highest BCUT2D eigenvalue weighted by atomic mass is 16.5. The first-order valence-corrected chi connectivity index (χ1v) is 7.93. The number of aromatic amines is 1. The Balaban J connectivity index is 1.76. The van der Waals surface area contributed by atoms with E-state index in [9.17, 15) is 4.79 Å². The normalized spacial score (nSPS) is 10.8. The highest BCUT2D eigenvalue weighted by Crippen LogP contribution is 2.19. The lowest BCUT2D eigenvalue weighted by molar-refractivity contribution is 0.0784. The van der Waals surface area contributed by atoms with Gasteiger partial charge in [-0.15, -0.1) is 0 Å². The number of nitrogens with one attached hydrogen (secondary N) is 1. The summed E-state index contributed by atoms with van der Waals surface area (Å²) in [5.74, 6) is 0.521. The average molecular weight is 324 g/mol. The minimum absolute atomic E-state index is 0.0963. The molecule has 0 aliphatic heterocycles. The van der Waals surface area contributed by atoms with Gasteiger partial charge >= 0.3 is 0 Å². The number of ether oxygens (including phenoxy) is 1. The van der Waals surface area contributed by atoms with Crippen molar-refractivity contribution in [3.63, 3.8) is 0 Å². The number of nitrogens with zero attached hydrogens (tertiary/aromatic N) is 3. The number of carbonyl (C=O) groups excluding carboxylic acids is 1. The second-order valence-electron chi connectivity index (χ2n) is 5.67. The van der Waals surface area contributed by atoms with Gasteiger partial charge in [0.15, 0.2) is 0 Å². The number of hydrogen-bond acceptors (Lipinski definition) is 4. The van der Waals surface area contributed by atoms with Crippen molar-refractivity contribution in [2.24, 2.45) is 0 Å². The van der Waals surface area contributed by atoms with Gasteiger partial charge in [0.1, 0.15) is 5.75 Å². The van der Waals surface area contributed by atoms with Crippen LogP contribution in [-0.4, -0.2) is 39.6 Å². The van der Waals surface area contributed by atoms with Gasteiger partial charge in [-0.3, -0.25) is 14.9 Å². The molecule has 0 aliphatic carbocycles. The molecule has 6 heteroatoms. The van der Waals surface area contributed by atoms with Crippen LogP contribution in [0.3, 0.4) is 0 Å². The van der Waals surface area contributed by atoms with Gasteiger partial charge < -0.3 is 9.64 Å². The van der Waals surface area contributed by atoms with Crippen molar-refractivity contribution in [3.05, 3.63) is 54.0 Å². The standard InChI is InChI=1S/C18H20N4O2/c1-3-7-24-16-8-15(9-19-11-16)18(23)22(2)12-14-6-4-5-13-10-20-21-17(13)14/h4-6,8-11H,3,7,12H2,1-2H3,(H,20,21). The lowest BCUT2D eigenvalue weighted by Crippen LogP contribution is -2.26. The van der Waals surface area contributed by atoms with Gasteiger partial charge in [-0.05, 0) is 18.1 Å². The van der Waals surface area contributed by atoms with Gasteiger partial charge in [-0.2, -0.15) is 5.10 Å². The molecule has 0 fully saturated rings. The van der Waals surface area contributed by atoms with Crippen molar-refractivity contribution in [1.29, 1.82) is 0 Å². The summed E-state index contributed by atoms with van der Waals surface area (Å²) in [6.45, 7) is 3.13. The third-order valence-corrected chi connectivity index (χ3v) is 3.75. The summed E-state index contributed by atoms with van der Waals surface area (Å²) < 4.78 is 5.54. The Hall–Kier alpha value is -2.89. The van der Waals surface area contributed by atoms with Gasteiger partial charge in [-0.1, -0.05) is 25.1 Å². The summed E-state index contributed by atoms with van der Waals surface area (Å²) in [4.78, 5) is 18.4. The van der Waals surface area contributed by atoms with Gasteiger partial charge in [0.25, 0.3) is 5.91 Å². The van der Waals surface area contributed by atoms with Gasteiger partial charge in [0.2, 0.25) is 0 Å². The highest BCUT2D eigenvalue weighted by molar-refractivity contribution is 5.94. The zero-order chi connectivity index (χ0) is 16.9. The molecule has 1 N–H and O–H groups in total. The Bertz CT molecular complexity index is 844. The van der Waals surface area contributed by atoms with E-state index in [1.165, 1.54) is 0 Å². The average Bonchev–Trinajstić information content (AvgIpc) is 3.09. The number of rotatable bonds is 6. The third kappa shape index (κ3) is 3.37. The molecule has 0 saturated heterocycles. The zero-order valence-corrected chi connectivity index (χ0v) is 13.8. The van der Waals surface area contributed by atoms with Crippen LogP contribution in [0.2, 0.25) is 0 Å². The van der Waals surface area contributed by atoms with Crippen LogP contribution in [0.1, 0.15) is 29.3 Å². The van der Waals surface area contributed by atoms with E-state index in [1.54, 1.807) is 36.6 Å². The lowest BCUT2D eigenvalue weighted by atomic mass is 10.1. The van der Waals surface area contributed by atoms with Crippen molar-refractivity contribution in [2.45, 2.75) is 19.9 Å². The molecule has 0 radical (unpaired) electrons. The largest absolute Gasteiger partial charge is 0.492 e. The fraction of sp³-hybridized carbons (Fsp3) is 0.278. The van der Waals surface area contributed by atoms with E-state index in [2.05, 4.69) is 15.2 Å². The lowest BCUT2D eigenvalue weighted by Gasteiger charge is -2.18. The van der Waals surface area contributed by atoms with Crippen LogP contribution in [-0.2, 0) is 6.54 Å². The molecule has 3 aromatic rings. The van der Waals surface area contributed by atoms with Crippen LogP contribution in [0.15, 0.2) is 42.9 Å². The van der Waals surface area contributed by atoms with E-state index in [1.807, 2.05) is 25.1 Å². The van der Waals surface area contributed by atoms with E-state index >= 15 is 0 Å². The molecule has 2 aromatic heterocycles. The van der Waals surface area contributed by atoms with E-state index in [0.717, 1.165) is 22.9 Å². The maximum absolute atomic E-state index is 12.7. The summed E-state index contributed by atoms with van der Waals surface area (Å²) in [5.41, 5.74) is 2.49. The molecule has 6 nitrogen and oxygen atoms in total. The Morgan fingerprint density at radius 1 is 1.29 bits per heavy atom. The number of pyridine rings is 1. The SMILES string of the molecule is CCCOc1cncc(C(=O)N(C)Cc2cccc3cn[nH]c23)c1. The van der Waals surface area contributed by atoms with E-state index in [-0.39, 0.29) is 5.91 Å². The molecular formula is C18H20N4O2. The minimum atomic E-state index is -0.0963. The van der Waals surface area contributed by atoms with E-state index in [4.69, 9.17) is 4.74 Å². The Labute approximate surface area is 140 Å². The molecule has 0 unspecified atom stereocenters. The fourth-order valence-corrected chi connectivity index (χ4v) is 2.54. The molecule has 1 amide bonds. The number of H-pyrrole nitrogens is 1. The van der Waals surface area contributed by atoms with Gasteiger partial charge in [0, 0.05) is 25.2 Å². The maximum atomic E-state index is 12.7. The molecule has 0 atom stereocenters. The van der Waals surface area contributed by atoms with Crippen molar-refractivity contribution in [3.8, 4) is 5.75 Å². The highest BCUT2D eigenvalue weighted by Gasteiger charge is 2.15. The number of carbonyl (C=O) groups is 1. The maximum Gasteiger partial charge on any atom is 0.255 e. The van der Waals surface area contributed by atoms with Crippen LogP contribution in [0.5, 0.6) is 5.75 Å². The van der Waals surface area contributed by atoms with Crippen molar-refractivity contribution >= 4 is 16.8 Å². The second kappa shape index (κ2) is 7.12. The number of amides is 1. The van der Waals surface area contributed by atoms with Crippen LogP contribution in [0, 0.1) is 0 Å². The monoisotopic (exact) mass is 324 g/mol. The summed E-state index contributed by atoms with van der Waals surface area (Å²) in [7, 11) is 1.77. The van der Waals surface area contributed by atoms with E-state index in [0.29, 0.717) is 24.5 Å². The predicted molar refractivity (Wildman–Crippen MR) is 91.9 cm³/mol. The molecule has 0 bridgehead atoms. The number of fused-ring (bicyclic) bond motifs is 1. The molecular weight excluding hydrogens is 304 g/mol. The van der Waals surface area contributed by atoms with Crippen molar-refractivity contribution in [2.75, 3.05) is 13.7 Å². The van der Waals surface area contributed by atoms with Crippen LogP contribution < -0.4 is 4.74 Å². The van der Waals surface area contributed by atoms with Gasteiger partial charge in [-0.25, -0.2) is 0 Å². The molecule has 24 heavy (non-hydrogen) atoms. The first-order chi connectivity index (χ1) is 11.7. The van der Waals surface area contributed by atoms with Crippen molar-refractivity contribution in [1.82, 2.24) is 20.1 Å². The molecule has 2 heterocycles. The third-order valence-electron chi connectivity index (χ3n) is 3.75. The topological polar surface area (TPSA) is 71.1 Å². The smallest absolute Gasteiger partial charge is 0.255 e. The molecule has 3 rings (SSSR count). The minimum Gasteiger partial charge on any atom is -0.492 e. The van der Waals surface area contributed by atoms with Crippen LogP contribution >= 0.6 is 0 Å². The first-order valence-electron chi connectivity index (χ1n) is 7.93. The van der Waals surface area contributed by atoms with Crippen LogP contribution in [0.4, 0.5) is 0 Å². The molecule has 0 spiro atoms. The Kier molecular flexibility index (Phi) is 4.74. The Morgan fingerprint density at radius 3 is 3.00 bits per heavy atom. The zero-order valence-electron chi connectivity index (χ0n) is 13.8. The first kappa shape index (κ1) is 16.0. The molecule has 124 valence electrons. The summed E-state index contributed by atoms with van der Waals surface area (Å²) in [5, 5.41) is 8.07. The molecule has 1 aromatic carbocycles. The fourth-order valence-electron chi connectivity index (χ4n) is 2.54. The van der Waals surface area contributed by atoms with E-state index < -0.39 is 0 Å². The molecule has 0 aliphatic rings. The van der Waals surface area contributed by atoms with Gasteiger partial charge in [0.05, 0.1) is 30.1 Å². The predicted octanol–water partition coefficient (Wildman–Crippen LogP) is 3.02. The van der Waals surface area contributed by atoms with Crippen LogP contribution in [0.25, 0.3) is 10.9 Å².